The third kappa shape index (κ3) is 8.43. The maximum absolute atomic E-state index is 13.4. The molecular formula is C37H42N4O5S. The number of rotatable bonds is 14. The van der Waals surface area contributed by atoms with Crippen LogP contribution in [0.15, 0.2) is 73.1 Å². The monoisotopic (exact) mass is 654 g/mol. The third-order valence-electron chi connectivity index (χ3n) is 8.59. The fourth-order valence-corrected chi connectivity index (χ4v) is 6.37. The van der Waals surface area contributed by atoms with Gasteiger partial charge in [-0.15, -0.1) is 0 Å². The number of carbonyl (C=O) groups is 3. The highest BCUT2D eigenvalue weighted by Gasteiger charge is 2.25. The van der Waals surface area contributed by atoms with Crippen molar-refractivity contribution in [3.05, 3.63) is 101 Å². The molecule has 1 atom stereocenters. The molecule has 0 fully saturated rings. The highest BCUT2D eigenvalue weighted by molar-refractivity contribution is 7.98. The van der Waals surface area contributed by atoms with Crippen LogP contribution in [-0.2, 0) is 22.6 Å². The van der Waals surface area contributed by atoms with Crippen molar-refractivity contribution in [3.63, 3.8) is 0 Å². The molecule has 0 saturated heterocycles. The maximum atomic E-state index is 13.4. The molecule has 1 aliphatic heterocycles. The number of aryl methyl sites for hydroxylation is 1. The number of aliphatic carboxylic acids is 1. The Labute approximate surface area is 280 Å². The second kappa shape index (κ2) is 15.8. The van der Waals surface area contributed by atoms with E-state index in [1.807, 2.05) is 58.6 Å². The van der Waals surface area contributed by atoms with Crippen LogP contribution < -0.4 is 15.0 Å². The topological polar surface area (TPSA) is 114 Å². The predicted octanol–water partition coefficient (Wildman–Crippen LogP) is 6.29. The molecule has 1 aromatic heterocycles. The van der Waals surface area contributed by atoms with Gasteiger partial charge in [0.25, 0.3) is 5.91 Å². The van der Waals surface area contributed by atoms with Gasteiger partial charge in [0.2, 0.25) is 5.91 Å². The van der Waals surface area contributed by atoms with Crippen molar-refractivity contribution in [2.75, 3.05) is 30.1 Å². The Morgan fingerprint density at radius 3 is 2.70 bits per heavy atom. The molecule has 246 valence electrons. The molecular weight excluding hydrogens is 612 g/mol. The van der Waals surface area contributed by atoms with Crippen molar-refractivity contribution in [2.45, 2.75) is 58.5 Å². The molecule has 1 unspecified atom stereocenters. The van der Waals surface area contributed by atoms with Crippen LogP contribution in [0, 0.1) is 13.8 Å². The zero-order valence-electron chi connectivity index (χ0n) is 27.2. The van der Waals surface area contributed by atoms with E-state index in [2.05, 4.69) is 36.4 Å². The van der Waals surface area contributed by atoms with Gasteiger partial charge in [-0.1, -0.05) is 36.4 Å². The zero-order valence-corrected chi connectivity index (χ0v) is 28.0. The quantitative estimate of drug-likeness (QED) is 0.154. The number of thioether (sulfide) groups is 1. The predicted molar refractivity (Wildman–Crippen MR) is 186 cm³/mol. The summed E-state index contributed by atoms with van der Waals surface area (Å²) in [6.45, 7) is 5.75. The molecule has 9 nitrogen and oxygen atoms in total. The number of carboxylic acids is 1. The first kappa shape index (κ1) is 33.8. The number of benzene rings is 3. The number of aromatic nitrogens is 2. The number of carboxylic acid groups (broad SMARTS) is 1. The molecule has 2 amide bonds. The summed E-state index contributed by atoms with van der Waals surface area (Å²) >= 11 is 1.54. The van der Waals surface area contributed by atoms with E-state index in [0.29, 0.717) is 50.3 Å². The Morgan fingerprint density at radius 1 is 1.09 bits per heavy atom. The van der Waals surface area contributed by atoms with Crippen LogP contribution in [0.25, 0.3) is 11.1 Å². The fourth-order valence-electron chi connectivity index (χ4n) is 5.90. The van der Waals surface area contributed by atoms with Crippen molar-refractivity contribution in [1.82, 2.24) is 15.1 Å². The largest absolute Gasteiger partial charge is 0.493 e. The molecule has 47 heavy (non-hydrogen) atoms. The van der Waals surface area contributed by atoms with Crippen LogP contribution in [0.4, 0.5) is 5.69 Å². The number of carbonyl (C=O) groups excluding carboxylic acids is 2. The Kier molecular flexibility index (Phi) is 11.4. The Morgan fingerprint density at radius 2 is 1.89 bits per heavy atom. The SMILES string of the molecule is CSCCC(NC(=O)c1cccc(Cn2cc(-c3cccc4c3CCCN4C(=O)CCCOc3cccc(C)c3C)cn2)c1)C(=O)O. The molecule has 0 bridgehead atoms. The molecule has 2 heterocycles. The summed E-state index contributed by atoms with van der Waals surface area (Å²) in [5.74, 6) is 0.163. The number of hydrogen-bond donors (Lipinski definition) is 2. The van der Waals surface area contributed by atoms with Gasteiger partial charge in [-0.3, -0.25) is 14.3 Å². The molecule has 0 saturated carbocycles. The number of anilines is 1. The third-order valence-corrected chi connectivity index (χ3v) is 9.24. The Balaban J connectivity index is 1.23. The lowest BCUT2D eigenvalue weighted by molar-refractivity contribution is -0.139. The number of nitrogens with zero attached hydrogens (tertiary/aromatic N) is 3. The average Bonchev–Trinajstić information content (AvgIpc) is 3.54. The van der Waals surface area contributed by atoms with E-state index in [1.165, 1.54) is 5.56 Å². The summed E-state index contributed by atoms with van der Waals surface area (Å²) in [5, 5.41) is 16.7. The summed E-state index contributed by atoms with van der Waals surface area (Å²) in [4.78, 5) is 39.7. The van der Waals surface area contributed by atoms with E-state index in [9.17, 15) is 19.5 Å². The minimum absolute atomic E-state index is 0.103. The van der Waals surface area contributed by atoms with Gasteiger partial charge in [-0.05, 0) is 104 Å². The Hall–Kier alpha value is -4.57. The van der Waals surface area contributed by atoms with Crippen LogP contribution in [0.2, 0.25) is 0 Å². The minimum atomic E-state index is -1.04. The van der Waals surface area contributed by atoms with Crippen molar-refractivity contribution in [3.8, 4) is 16.9 Å². The van der Waals surface area contributed by atoms with E-state index in [0.717, 1.165) is 52.1 Å². The molecule has 0 spiro atoms. The first-order chi connectivity index (χ1) is 22.7. The highest BCUT2D eigenvalue weighted by atomic mass is 32.2. The van der Waals surface area contributed by atoms with Gasteiger partial charge in [0.15, 0.2) is 0 Å². The van der Waals surface area contributed by atoms with Gasteiger partial charge in [0.1, 0.15) is 11.8 Å². The second-order valence-electron chi connectivity index (χ2n) is 11.9. The van der Waals surface area contributed by atoms with Crippen molar-refractivity contribution >= 4 is 35.2 Å². The Bertz CT molecular complexity index is 1740. The molecule has 10 heteroatoms. The van der Waals surface area contributed by atoms with Gasteiger partial charge in [-0.25, -0.2) is 4.79 Å². The van der Waals surface area contributed by atoms with Gasteiger partial charge >= 0.3 is 5.97 Å². The molecule has 0 aliphatic carbocycles. The number of fused-ring (bicyclic) bond motifs is 1. The number of amides is 2. The summed E-state index contributed by atoms with van der Waals surface area (Å²) in [6, 6.07) is 18.3. The summed E-state index contributed by atoms with van der Waals surface area (Å²) < 4.78 is 7.80. The second-order valence-corrected chi connectivity index (χ2v) is 12.9. The first-order valence-corrected chi connectivity index (χ1v) is 17.4. The normalized spacial score (nSPS) is 13.1. The standard InChI is InChI=1S/C37H42N4O5S/c1-25-9-4-15-34(26(25)2)46-19-8-16-35(42)41-18-7-13-31-30(12-6-14-33(31)41)29-22-38-40(24-29)23-27-10-5-11-28(21-27)36(43)39-32(37(44)45)17-20-47-3/h4-6,9-12,14-15,21-22,24,32H,7-8,13,16-20,23H2,1-3H3,(H,39,43)(H,44,45). The van der Waals surface area contributed by atoms with Gasteiger partial charge < -0.3 is 20.1 Å². The summed E-state index contributed by atoms with van der Waals surface area (Å²) in [6.07, 6.45) is 8.90. The lowest BCUT2D eigenvalue weighted by Gasteiger charge is -2.31. The van der Waals surface area contributed by atoms with Gasteiger partial charge in [-0.2, -0.15) is 16.9 Å². The zero-order chi connectivity index (χ0) is 33.3. The fraction of sp³-hybridized carbons (Fsp3) is 0.351. The summed E-state index contributed by atoms with van der Waals surface area (Å²) in [7, 11) is 0. The van der Waals surface area contributed by atoms with E-state index in [-0.39, 0.29) is 5.91 Å². The number of hydrogen-bond acceptors (Lipinski definition) is 6. The van der Waals surface area contributed by atoms with E-state index in [4.69, 9.17) is 4.74 Å². The molecule has 5 rings (SSSR count). The molecule has 4 aromatic rings. The van der Waals surface area contributed by atoms with E-state index in [1.54, 1.807) is 30.0 Å². The lowest BCUT2D eigenvalue weighted by Crippen LogP contribution is -2.41. The van der Waals surface area contributed by atoms with Gasteiger partial charge in [0.05, 0.1) is 19.3 Å². The number of nitrogens with one attached hydrogen (secondary N) is 1. The van der Waals surface area contributed by atoms with Crippen LogP contribution in [0.3, 0.4) is 0 Å². The maximum Gasteiger partial charge on any atom is 0.326 e. The van der Waals surface area contributed by atoms with E-state index >= 15 is 0 Å². The average molecular weight is 655 g/mol. The van der Waals surface area contributed by atoms with Crippen LogP contribution in [-0.4, -0.2) is 63.9 Å². The molecule has 0 radical (unpaired) electrons. The van der Waals surface area contributed by atoms with E-state index < -0.39 is 17.9 Å². The smallest absolute Gasteiger partial charge is 0.326 e. The van der Waals surface area contributed by atoms with Crippen molar-refractivity contribution in [2.24, 2.45) is 0 Å². The van der Waals surface area contributed by atoms with Crippen molar-refractivity contribution in [1.29, 1.82) is 0 Å². The molecule has 1 aliphatic rings. The summed E-state index contributed by atoms with van der Waals surface area (Å²) in [5.41, 5.74) is 7.72. The van der Waals surface area contributed by atoms with Gasteiger partial charge in [0, 0.05) is 36.0 Å². The van der Waals surface area contributed by atoms with Crippen molar-refractivity contribution < 1.29 is 24.2 Å². The first-order valence-electron chi connectivity index (χ1n) is 16.0. The lowest BCUT2D eigenvalue weighted by atomic mass is 9.93. The molecule has 2 N–H and O–H groups in total. The highest BCUT2D eigenvalue weighted by Crippen LogP contribution is 2.36. The minimum Gasteiger partial charge on any atom is -0.493 e. The molecule has 3 aromatic carbocycles. The van der Waals surface area contributed by atoms with Crippen LogP contribution >= 0.6 is 11.8 Å². The van der Waals surface area contributed by atoms with Crippen LogP contribution in [0.5, 0.6) is 5.75 Å². The number of ether oxygens (including phenoxy) is 1. The van der Waals surface area contributed by atoms with Crippen LogP contribution in [0.1, 0.15) is 58.3 Å².